The molecule has 2 aromatic carbocycles. The maximum atomic E-state index is 11.5. The lowest BCUT2D eigenvalue weighted by atomic mass is 10.1. The maximum Gasteiger partial charge on any atom is 0.356 e. The summed E-state index contributed by atoms with van der Waals surface area (Å²) in [5.74, 6) is -0.765. The Morgan fingerprint density at radius 3 is 2.43 bits per heavy atom. The minimum absolute atomic E-state index is 0.0417. The second-order valence-corrected chi connectivity index (χ2v) is 6.15. The summed E-state index contributed by atoms with van der Waals surface area (Å²) in [5.41, 5.74) is 2.60. The fourth-order valence-electron chi connectivity index (χ4n) is 2.10. The third kappa shape index (κ3) is 3.22. The lowest BCUT2D eigenvalue weighted by Crippen LogP contribution is -1.99. The Morgan fingerprint density at radius 1 is 1.09 bits per heavy atom. The minimum atomic E-state index is -0.604. The molecule has 0 radical (unpaired) electrons. The predicted octanol–water partition coefficient (Wildman–Crippen LogP) is 4.70. The molecule has 1 aromatic heterocycles. The average Bonchev–Trinajstić information content (AvgIpc) is 3.03. The summed E-state index contributed by atoms with van der Waals surface area (Å²) in [6, 6.07) is 12.1. The molecule has 3 aromatic rings. The molecule has 0 unspecified atom stereocenters. The Hall–Kier alpha value is -1.95. The van der Waals surface area contributed by atoms with Gasteiger partial charge in [-0.3, -0.25) is 4.79 Å². The molecular formula is C16H9Cl2NO3S. The number of carbonyl (C=O) groups is 2. The number of benzene rings is 2. The Labute approximate surface area is 145 Å². The maximum absolute atomic E-state index is 11.5. The van der Waals surface area contributed by atoms with E-state index in [-0.39, 0.29) is 11.7 Å². The SMILES string of the molecule is O=C(CCl)c1ccc(-c2nc3ccc(C(=O)OCl)cc3s2)cc1. The van der Waals surface area contributed by atoms with Gasteiger partial charge in [0.25, 0.3) is 0 Å². The summed E-state index contributed by atoms with van der Waals surface area (Å²) >= 11 is 12.1. The number of fused-ring (bicyclic) bond motifs is 1. The van der Waals surface area contributed by atoms with Gasteiger partial charge in [-0.15, -0.1) is 22.9 Å². The van der Waals surface area contributed by atoms with E-state index in [9.17, 15) is 9.59 Å². The van der Waals surface area contributed by atoms with Crippen molar-refractivity contribution in [3.05, 3.63) is 53.6 Å². The Balaban J connectivity index is 1.97. The van der Waals surface area contributed by atoms with Crippen molar-refractivity contribution in [3.8, 4) is 10.6 Å². The molecule has 0 atom stereocenters. The first kappa shape index (κ1) is 15.9. The molecule has 116 valence electrons. The molecule has 0 spiro atoms. The molecular weight excluding hydrogens is 357 g/mol. The van der Waals surface area contributed by atoms with Gasteiger partial charge in [0.2, 0.25) is 0 Å². The second-order valence-electron chi connectivity index (χ2n) is 4.70. The normalized spacial score (nSPS) is 10.7. The topological polar surface area (TPSA) is 56.3 Å². The largest absolute Gasteiger partial charge is 0.356 e. The molecule has 0 saturated carbocycles. The minimum Gasteiger partial charge on any atom is -0.343 e. The number of rotatable bonds is 4. The zero-order chi connectivity index (χ0) is 16.4. The molecule has 0 bridgehead atoms. The van der Waals surface area contributed by atoms with Crippen molar-refractivity contribution in [2.75, 3.05) is 5.88 Å². The number of nitrogens with zero attached hydrogens (tertiary/aromatic N) is 1. The van der Waals surface area contributed by atoms with E-state index < -0.39 is 5.97 Å². The van der Waals surface area contributed by atoms with Gasteiger partial charge in [0, 0.05) is 11.1 Å². The fraction of sp³-hybridized carbons (Fsp3) is 0.0625. The molecule has 4 nitrogen and oxygen atoms in total. The third-order valence-corrected chi connectivity index (χ3v) is 4.72. The quantitative estimate of drug-likeness (QED) is 0.496. The zero-order valence-corrected chi connectivity index (χ0v) is 13.9. The lowest BCUT2D eigenvalue weighted by Gasteiger charge is -1.99. The van der Waals surface area contributed by atoms with Crippen LogP contribution in [0.5, 0.6) is 0 Å². The van der Waals surface area contributed by atoms with Gasteiger partial charge in [-0.2, -0.15) is 0 Å². The van der Waals surface area contributed by atoms with Crippen LogP contribution in [0.1, 0.15) is 20.7 Å². The number of thiazole rings is 1. The molecule has 0 aliphatic heterocycles. The van der Waals surface area contributed by atoms with E-state index in [2.05, 4.69) is 9.27 Å². The second kappa shape index (κ2) is 6.66. The van der Waals surface area contributed by atoms with Gasteiger partial charge >= 0.3 is 5.97 Å². The number of aromatic nitrogens is 1. The van der Waals surface area contributed by atoms with Gasteiger partial charge in [0.15, 0.2) is 5.78 Å². The Bertz CT molecular complexity index is 890. The molecule has 0 N–H and O–H groups in total. The molecule has 0 saturated heterocycles. The number of carbonyl (C=O) groups excluding carboxylic acids is 2. The molecule has 0 amide bonds. The summed E-state index contributed by atoms with van der Waals surface area (Å²) in [6.45, 7) is 0. The smallest absolute Gasteiger partial charge is 0.343 e. The highest BCUT2D eigenvalue weighted by Crippen LogP contribution is 2.31. The van der Waals surface area contributed by atoms with Gasteiger partial charge in [-0.05, 0) is 18.2 Å². The number of Topliss-reactive ketones (excluding diaryl/α,β-unsaturated/α-hetero) is 1. The summed E-state index contributed by atoms with van der Waals surface area (Å²) < 4.78 is 5.05. The summed E-state index contributed by atoms with van der Waals surface area (Å²) in [5, 5.41) is 0.793. The van der Waals surface area contributed by atoms with Crippen LogP contribution in [0.15, 0.2) is 42.5 Å². The molecule has 3 rings (SSSR count). The van der Waals surface area contributed by atoms with Crippen LogP contribution in [0.3, 0.4) is 0 Å². The average molecular weight is 366 g/mol. The van der Waals surface area contributed by atoms with E-state index in [1.54, 1.807) is 30.3 Å². The van der Waals surface area contributed by atoms with Crippen LogP contribution in [0.25, 0.3) is 20.8 Å². The monoisotopic (exact) mass is 365 g/mol. The zero-order valence-electron chi connectivity index (χ0n) is 11.6. The van der Waals surface area contributed by atoms with Crippen molar-refractivity contribution >= 4 is 56.8 Å². The number of ketones is 1. The van der Waals surface area contributed by atoms with E-state index in [1.165, 1.54) is 11.3 Å². The van der Waals surface area contributed by atoms with Gasteiger partial charge in [-0.1, -0.05) is 24.3 Å². The van der Waals surface area contributed by atoms with Crippen LogP contribution in [0.4, 0.5) is 0 Å². The van der Waals surface area contributed by atoms with Gasteiger partial charge < -0.3 is 4.29 Å². The van der Waals surface area contributed by atoms with Crippen LogP contribution in [-0.2, 0) is 4.29 Å². The van der Waals surface area contributed by atoms with Crippen molar-refractivity contribution in [3.63, 3.8) is 0 Å². The van der Waals surface area contributed by atoms with Crippen LogP contribution in [0, 0.1) is 0 Å². The predicted molar refractivity (Wildman–Crippen MR) is 91.4 cm³/mol. The first-order valence-corrected chi connectivity index (χ1v) is 8.21. The molecule has 23 heavy (non-hydrogen) atoms. The van der Waals surface area contributed by atoms with Gasteiger partial charge in [0.05, 0.1) is 21.7 Å². The van der Waals surface area contributed by atoms with E-state index in [4.69, 9.17) is 23.5 Å². The van der Waals surface area contributed by atoms with E-state index in [1.807, 2.05) is 12.1 Å². The first-order chi connectivity index (χ1) is 11.1. The number of alkyl halides is 1. The van der Waals surface area contributed by atoms with Crippen LogP contribution in [0.2, 0.25) is 0 Å². The van der Waals surface area contributed by atoms with Gasteiger partial charge in [0.1, 0.15) is 16.9 Å². The standard InChI is InChI=1S/C16H9Cl2NO3S/c17-8-13(20)9-1-3-10(4-2-9)15-19-12-6-5-11(16(21)22-18)7-14(12)23-15/h1-7H,8H2. The van der Waals surface area contributed by atoms with E-state index in [0.717, 1.165) is 20.8 Å². The summed E-state index contributed by atoms with van der Waals surface area (Å²) in [6.07, 6.45) is 0. The van der Waals surface area contributed by atoms with Crippen molar-refractivity contribution < 1.29 is 13.9 Å². The van der Waals surface area contributed by atoms with Gasteiger partial charge in [-0.25, -0.2) is 9.78 Å². The number of hydrogen-bond donors (Lipinski definition) is 0. The van der Waals surface area contributed by atoms with Crippen LogP contribution < -0.4 is 0 Å². The van der Waals surface area contributed by atoms with Crippen molar-refractivity contribution in [1.29, 1.82) is 0 Å². The molecule has 1 heterocycles. The molecule has 0 fully saturated rings. The molecule has 7 heteroatoms. The highest BCUT2D eigenvalue weighted by Gasteiger charge is 2.12. The summed E-state index contributed by atoms with van der Waals surface area (Å²) in [7, 11) is 0. The number of hydrogen-bond acceptors (Lipinski definition) is 5. The third-order valence-electron chi connectivity index (χ3n) is 3.27. The highest BCUT2D eigenvalue weighted by atomic mass is 35.5. The fourth-order valence-corrected chi connectivity index (χ4v) is 3.35. The van der Waals surface area contributed by atoms with Crippen molar-refractivity contribution in [1.82, 2.24) is 4.98 Å². The van der Waals surface area contributed by atoms with Crippen molar-refractivity contribution in [2.24, 2.45) is 0 Å². The summed E-state index contributed by atoms with van der Waals surface area (Å²) in [4.78, 5) is 27.5. The van der Waals surface area contributed by atoms with E-state index >= 15 is 0 Å². The first-order valence-electron chi connectivity index (χ1n) is 6.55. The molecule has 0 aliphatic carbocycles. The molecule has 0 aliphatic rings. The number of halogens is 2. The Kier molecular flexibility index (Phi) is 4.61. The van der Waals surface area contributed by atoms with Crippen LogP contribution in [-0.4, -0.2) is 22.6 Å². The van der Waals surface area contributed by atoms with Crippen LogP contribution >= 0.6 is 34.8 Å². The highest BCUT2D eigenvalue weighted by molar-refractivity contribution is 7.21. The van der Waals surface area contributed by atoms with E-state index in [0.29, 0.717) is 11.1 Å². The van der Waals surface area contributed by atoms with Crippen molar-refractivity contribution in [2.45, 2.75) is 0 Å². The lowest BCUT2D eigenvalue weighted by molar-refractivity contribution is 0.0751. The Morgan fingerprint density at radius 2 is 1.78 bits per heavy atom.